The van der Waals surface area contributed by atoms with Crippen LogP contribution in [0.15, 0.2) is 146 Å². The van der Waals surface area contributed by atoms with E-state index in [4.69, 9.17) is 16.8 Å². The summed E-state index contributed by atoms with van der Waals surface area (Å²) in [5.74, 6) is -1.67. The monoisotopic (exact) mass is 750 g/mol. The molecule has 2 aromatic heterocycles. The first-order chi connectivity index (χ1) is 29.2. The van der Waals surface area contributed by atoms with Gasteiger partial charge in [0.05, 0.1) is 28.0 Å². The smallest absolute Gasteiger partial charge is 0.149 e. The molecule has 1 N–H and O–H groups in total. The zero-order chi connectivity index (χ0) is 44.4. The maximum Gasteiger partial charge on any atom is 0.149 e. The Kier molecular flexibility index (Phi) is 8.40. The van der Waals surface area contributed by atoms with Crippen LogP contribution in [0.1, 0.15) is 89.4 Å². The Bertz CT molecular complexity index is 2930. The molecule has 8 rings (SSSR count). The third-order valence-corrected chi connectivity index (χ3v) is 10.8. The number of pyridine rings is 1. The minimum atomic E-state index is -2.59. The maximum absolute atomic E-state index is 11.4. The standard InChI is InChI=1S/C53H51N3O/c1-33(2)42-19-14-20-43(34(3)4)50(42)38-24-25-47(35(5)28-38)56-48-22-15-21-44(51(48)55-52(56)45-18-12-13-23-49(45)57)39-29-40(31-41(30-39)53(6,7)8)46-32-37(26-27-54-46)36-16-10-9-11-17-36/h9-34,57H,1-8H3/i5D3,33D,34D. The molecule has 0 bridgehead atoms. The molecule has 4 heteroatoms. The molecule has 57 heavy (non-hydrogen) atoms. The number of hydrogen-bond donors (Lipinski definition) is 1. The molecule has 0 amide bonds. The van der Waals surface area contributed by atoms with Crippen LogP contribution in [0.25, 0.3) is 72.7 Å². The van der Waals surface area contributed by atoms with E-state index in [0.717, 1.165) is 39.1 Å². The van der Waals surface area contributed by atoms with Crippen molar-refractivity contribution < 1.29 is 12.0 Å². The average Bonchev–Trinajstić information content (AvgIpc) is 3.62. The Morgan fingerprint density at radius 1 is 0.632 bits per heavy atom. The molecule has 0 spiro atoms. The summed E-state index contributed by atoms with van der Waals surface area (Å²) in [5.41, 5.74) is 11.5. The van der Waals surface area contributed by atoms with Gasteiger partial charge in [0.25, 0.3) is 0 Å². The summed E-state index contributed by atoms with van der Waals surface area (Å²) in [6.45, 7) is 11.2. The summed E-state index contributed by atoms with van der Waals surface area (Å²) in [6, 6.07) is 44.8. The molecular formula is C53H51N3O. The molecule has 0 saturated carbocycles. The topological polar surface area (TPSA) is 50.9 Å². The lowest BCUT2D eigenvalue weighted by atomic mass is 9.83. The first-order valence-corrected chi connectivity index (χ1v) is 19.5. The molecule has 4 nitrogen and oxygen atoms in total. The van der Waals surface area contributed by atoms with Crippen molar-refractivity contribution in [2.75, 3.05) is 0 Å². The number of aromatic hydroxyl groups is 1. The molecule has 0 saturated heterocycles. The van der Waals surface area contributed by atoms with Gasteiger partial charge < -0.3 is 5.11 Å². The molecule has 284 valence electrons. The summed E-state index contributed by atoms with van der Waals surface area (Å²) >= 11 is 0. The van der Waals surface area contributed by atoms with E-state index >= 15 is 0 Å². The zero-order valence-electron chi connectivity index (χ0n) is 38.6. The third-order valence-electron chi connectivity index (χ3n) is 10.8. The lowest BCUT2D eigenvalue weighted by Gasteiger charge is -2.22. The molecule has 0 aliphatic carbocycles. The number of fused-ring (bicyclic) bond motifs is 1. The Labute approximate surface area is 344 Å². The van der Waals surface area contributed by atoms with Crippen LogP contribution in [0.3, 0.4) is 0 Å². The summed E-state index contributed by atoms with van der Waals surface area (Å²) < 4.78 is 46.8. The van der Waals surface area contributed by atoms with Crippen LogP contribution in [0.2, 0.25) is 0 Å². The van der Waals surface area contributed by atoms with Crippen LogP contribution in [-0.4, -0.2) is 19.6 Å². The summed E-state index contributed by atoms with van der Waals surface area (Å²) in [4.78, 5) is 10.1. The van der Waals surface area contributed by atoms with Gasteiger partial charge >= 0.3 is 0 Å². The molecule has 0 unspecified atom stereocenters. The lowest BCUT2D eigenvalue weighted by molar-refractivity contribution is 0.477. The fraction of sp³-hybridized carbons (Fsp3) is 0.208. The average molecular weight is 751 g/mol. The first kappa shape index (κ1) is 31.9. The van der Waals surface area contributed by atoms with Crippen LogP contribution in [-0.2, 0) is 5.41 Å². The lowest BCUT2D eigenvalue weighted by Crippen LogP contribution is -2.11. The van der Waals surface area contributed by atoms with E-state index in [9.17, 15) is 5.11 Å². The number of phenolic OH excluding ortho intramolecular Hbond substituents is 1. The van der Waals surface area contributed by atoms with Crippen molar-refractivity contribution in [2.45, 2.75) is 72.5 Å². The number of imidazole rings is 1. The molecular weight excluding hydrogens is 695 g/mol. The zero-order valence-corrected chi connectivity index (χ0v) is 33.6. The molecule has 0 atom stereocenters. The minimum Gasteiger partial charge on any atom is -0.507 e. The quantitative estimate of drug-likeness (QED) is 0.168. The van der Waals surface area contributed by atoms with Crippen molar-refractivity contribution in [1.82, 2.24) is 14.5 Å². The fourth-order valence-electron chi connectivity index (χ4n) is 7.77. The van der Waals surface area contributed by atoms with Crippen molar-refractivity contribution >= 4 is 11.0 Å². The van der Waals surface area contributed by atoms with Gasteiger partial charge in [-0.05, 0) is 129 Å². The largest absolute Gasteiger partial charge is 0.507 e. The normalized spacial score (nSPS) is 13.8. The van der Waals surface area contributed by atoms with Crippen LogP contribution in [0.4, 0.5) is 0 Å². The van der Waals surface area contributed by atoms with Crippen LogP contribution in [0, 0.1) is 6.85 Å². The van der Waals surface area contributed by atoms with E-state index in [2.05, 4.69) is 57.2 Å². The Morgan fingerprint density at radius 3 is 2.02 bits per heavy atom. The van der Waals surface area contributed by atoms with Gasteiger partial charge in [-0.15, -0.1) is 0 Å². The van der Waals surface area contributed by atoms with E-state index in [1.165, 1.54) is 0 Å². The molecule has 0 radical (unpaired) electrons. The van der Waals surface area contributed by atoms with E-state index in [0.29, 0.717) is 50.4 Å². The van der Waals surface area contributed by atoms with Gasteiger partial charge in [-0.3, -0.25) is 9.55 Å². The molecule has 0 aliphatic heterocycles. The van der Waals surface area contributed by atoms with Gasteiger partial charge in [-0.2, -0.15) is 0 Å². The molecule has 0 fully saturated rings. The molecule has 8 aromatic rings. The predicted molar refractivity (Wildman–Crippen MR) is 239 cm³/mol. The highest BCUT2D eigenvalue weighted by molar-refractivity contribution is 5.97. The summed E-state index contributed by atoms with van der Waals surface area (Å²) in [7, 11) is 0. The van der Waals surface area contributed by atoms with E-state index < -0.39 is 18.6 Å². The second-order valence-electron chi connectivity index (χ2n) is 16.3. The Balaban J connectivity index is 1.40. The summed E-state index contributed by atoms with van der Waals surface area (Å²) in [5, 5.41) is 11.4. The Morgan fingerprint density at radius 2 is 1.32 bits per heavy atom. The number of aryl methyl sites for hydroxylation is 1. The number of nitrogens with zero attached hydrogens (tertiary/aromatic N) is 3. The third kappa shape index (κ3) is 7.17. The number of benzene rings is 6. The van der Waals surface area contributed by atoms with Gasteiger partial charge in [0.1, 0.15) is 11.6 Å². The second-order valence-corrected chi connectivity index (χ2v) is 16.3. The van der Waals surface area contributed by atoms with Crippen LogP contribution >= 0.6 is 0 Å². The summed E-state index contributed by atoms with van der Waals surface area (Å²) in [6.07, 6.45) is 1.84. The van der Waals surface area contributed by atoms with Crippen molar-refractivity contribution in [3.63, 3.8) is 0 Å². The maximum atomic E-state index is 11.4. The van der Waals surface area contributed by atoms with E-state index in [1.54, 1.807) is 58.0 Å². The van der Waals surface area contributed by atoms with Crippen molar-refractivity contribution in [3.8, 4) is 67.5 Å². The number of phenols is 1. The highest BCUT2D eigenvalue weighted by Gasteiger charge is 2.24. The highest BCUT2D eigenvalue weighted by Crippen LogP contribution is 2.42. The number of para-hydroxylation sites is 2. The fourth-order valence-corrected chi connectivity index (χ4v) is 7.77. The SMILES string of the molecule is [2H]C([2H])([2H])c1cc(-c2c(C([2H])(C)C)cccc2C([2H])(C)C)ccc1-n1c(-c2ccccc2O)nc2c(-c3cc(-c4cc(-c5ccccc5)ccn4)cc(C(C)(C)C)c3)cccc21. The van der Waals surface area contributed by atoms with Crippen molar-refractivity contribution in [3.05, 3.63) is 168 Å². The molecule has 0 aliphatic rings. The van der Waals surface area contributed by atoms with Gasteiger partial charge in [0, 0.05) is 24.2 Å². The van der Waals surface area contributed by atoms with Crippen LogP contribution in [0.5, 0.6) is 5.75 Å². The second kappa shape index (κ2) is 15.0. The van der Waals surface area contributed by atoms with E-state index in [1.807, 2.05) is 83.6 Å². The first-order valence-electron chi connectivity index (χ1n) is 22.0. The number of aromatic nitrogens is 3. The van der Waals surface area contributed by atoms with Crippen LogP contribution < -0.4 is 0 Å². The van der Waals surface area contributed by atoms with Crippen molar-refractivity contribution in [2.24, 2.45) is 0 Å². The minimum absolute atomic E-state index is 0.00738. The molecule has 2 heterocycles. The highest BCUT2D eigenvalue weighted by atomic mass is 16.3. The number of rotatable bonds is 8. The predicted octanol–water partition coefficient (Wildman–Crippen LogP) is 14.3. The Hall–Kier alpha value is -6.26. The van der Waals surface area contributed by atoms with Crippen molar-refractivity contribution in [1.29, 1.82) is 0 Å². The van der Waals surface area contributed by atoms with E-state index in [-0.39, 0.29) is 16.7 Å². The van der Waals surface area contributed by atoms with Gasteiger partial charge in [-0.25, -0.2) is 4.98 Å². The van der Waals surface area contributed by atoms with Gasteiger partial charge in [-0.1, -0.05) is 133 Å². The number of hydrogen-bond acceptors (Lipinski definition) is 3. The van der Waals surface area contributed by atoms with Gasteiger partial charge in [0.15, 0.2) is 0 Å². The van der Waals surface area contributed by atoms with Gasteiger partial charge in [0.2, 0.25) is 0 Å². The molecule has 6 aromatic carbocycles.